The minimum absolute atomic E-state index is 0.0967. The van der Waals surface area contributed by atoms with Crippen molar-refractivity contribution in [3.8, 4) is 0 Å². The van der Waals surface area contributed by atoms with Crippen LogP contribution >= 0.6 is 0 Å². The van der Waals surface area contributed by atoms with Gasteiger partial charge >= 0.3 is 5.97 Å². The summed E-state index contributed by atoms with van der Waals surface area (Å²) >= 11 is 0. The summed E-state index contributed by atoms with van der Waals surface area (Å²) < 4.78 is 69.7. The van der Waals surface area contributed by atoms with E-state index in [2.05, 4.69) is 26.8 Å². The van der Waals surface area contributed by atoms with Crippen molar-refractivity contribution in [1.29, 1.82) is 0 Å². The maximum atomic E-state index is 14.5. The molecule has 5 saturated heterocycles. The first-order valence-corrected chi connectivity index (χ1v) is 23.1. The van der Waals surface area contributed by atoms with Gasteiger partial charge < -0.3 is 67.4 Å². The molecule has 2 bridgehead atoms. The number of rotatable bonds is 8. The maximum Gasteiger partial charge on any atom is 0.316 e. The molecule has 0 unspecified atom stereocenters. The summed E-state index contributed by atoms with van der Waals surface area (Å²) in [6.07, 6.45) is 3.50. The maximum absolute atomic E-state index is 14.5. The molecule has 0 saturated carbocycles. The number of carbonyl (C=O) groups excluding carboxylic acids is 1. The molecule has 63 heavy (non-hydrogen) atoms. The molecule has 3 N–H and O–H groups in total. The summed E-state index contributed by atoms with van der Waals surface area (Å²) in [6, 6.07) is 0. The molecule has 0 amide bonds. The highest BCUT2D eigenvalue weighted by Crippen LogP contribution is 2.48. The normalized spacial score (nSPS) is 48.7. The number of aliphatic hydroxyl groups is 3. The molecule has 0 aromatic heterocycles. The first-order chi connectivity index (χ1) is 29.9. The lowest BCUT2D eigenvalue weighted by Crippen LogP contribution is -2.60. The average Bonchev–Trinajstić information content (AvgIpc) is 3.57. The van der Waals surface area contributed by atoms with Crippen LogP contribution in [0.2, 0.25) is 0 Å². The van der Waals surface area contributed by atoms with E-state index in [1.807, 2.05) is 45.9 Å². The predicted molar refractivity (Wildman–Crippen MR) is 229 cm³/mol. The zero-order valence-corrected chi connectivity index (χ0v) is 39.0. The van der Waals surface area contributed by atoms with E-state index in [1.54, 1.807) is 34.3 Å². The van der Waals surface area contributed by atoms with Gasteiger partial charge in [-0.05, 0) is 56.8 Å². The lowest BCUT2D eigenvalue weighted by Gasteiger charge is -2.52. The highest BCUT2D eigenvalue weighted by Gasteiger charge is 2.61. The Kier molecular flexibility index (Phi) is 15.5. The van der Waals surface area contributed by atoms with Gasteiger partial charge in [0.15, 0.2) is 18.4 Å². The van der Waals surface area contributed by atoms with Crippen molar-refractivity contribution in [2.45, 2.75) is 197 Å². The molecule has 0 aromatic carbocycles. The van der Waals surface area contributed by atoms with E-state index in [-0.39, 0.29) is 49.4 Å². The van der Waals surface area contributed by atoms with Gasteiger partial charge in [0.2, 0.25) is 0 Å². The zero-order valence-electron chi connectivity index (χ0n) is 39.0. The van der Waals surface area contributed by atoms with Crippen LogP contribution in [-0.2, 0) is 56.9 Å². The highest BCUT2D eigenvalue weighted by atomic mass is 16.7. The van der Waals surface area contributed by atoms with Crippen molar-refractivity contribution in [3.63, 3.8) is 0 Å². The fraction of sp³-hybridized carbons (Fsp3) is 0.812. The molecule has 0 aromatic rings. The second-order valence-electron chi connectivity index (χ2n) is 19.5. The number of hydrogen-bond donors (Lipinski definition) is 3. The van der Waals surface area contributed by atoms with Crippen LogP contribution in [-0.4, -0.2) is 153 Å². The summed E-state index contributed by atoms with van der Waals surface area (Å²) in [6.45, 7) is 15.9. The topological polar surface area (TPSA) is 179 Å². The Labute approximate surface area is 373 Å². The fourth-order valence-electron chi connectivity index (χ4n) is 11.1. The number of methoxy groups -OCH3 is 3. The molecule has 6 aliphatic heterocycles. The first kappa shape index (κ1) is 48.8. The molecule has 15 heteroatoms. The quantitative estimate of drug-likeness (QED) is 0.223. The Hall–Kier alpha value is -2.09. The lowest BCUT2D eigenvalue weighted by molar-refractivity contribution is -0.353. The molecular formula is C48H74O15. The number of hydrogen-bond acceptors (Lipinski definition) is 15. The molecule has 20 atom stereocenters. The van der Waals surface area contributed by atoms with E-state index in [1.165, 1.54) is 0 Å². The van der Waals surface area contributed by atoms with Crippen LogP contribution in [0.15, 0.2) is 47.1 Å². The van der Waals surface area contributed by atoms with Crippen LogP contribution in [0.4, 0.5) is 0 Å². The van der Waals surface area contributed by atoms with Crippen LogP contribution in [0.5, 0.6) is 0 Å². The minimum Gasteiger partial charge on any atom is -0.462 e. The Morgan fingerprint density at radius 3 is 2.22 bits per heavy atom. The number of carbonyl (C=O) groups is 1. The Balaban J connectivity index is 1.19. The van der Waals surface area contributed by atoms with Crippen molar-refractivity contribution in [2.75, 3.05) is 27.9 Å². The zero-order chi connectivity index (χ0) is 45.5. The molecule has 15 nitrogen and oxygen atoms in total. The number of aliphatic hydroxyl groups excluding tert-OH is 2. The molecule has 7 rings (SSSR count). The lowest BCUT2D eigenvalue weighted by atomic mass is 9.70. The van der Waals surface area contributed by atoms with E-state index < -0.39 is 103 Å². The number of ether oxygens (including phenoxy) is 11. The number of allylic oxidation sites excluding steroid dienone is 2. The molecule has 0 radical (unpaired) electrons. The minimum atomic E-state index is -1.74. The second-order valence-corrected chi connectivity index (χ2v) is 19.5. The van der Waals surface area contributed by atoms with Crippen molar-refractivity contribution in [2.24, 2.45) is 23.7 Å². The van der Waals surface area contributed by atoms with Crippen LogP contribution in [0.1, 0.15) is 93.9 Å². The largest absolute Gasteiger partial charge is 0.462 e. The number of fused-ring (bicyclic) bond motifs is 2. The van der Waals surface area contributed by atoms with E-state index >= 15 is 0 Å². The van der Waals surface area contributed by atoms with Crippen LogP contribution in [0.25, 0.3) is 0 Å². The standard InChI is InChI=1S/C48H74O15/c1-24(2)41-28(6)35(49)22-47(63-41)21-33-18-32(62-47)16-15-26(4)42(60-39-20-37(54-10)44(30(8)58-39)61-38-19-36(53-9)40(50)29(7)57-38)25(3)13-12-14-31-23-56-45-43(55-11)27(5)17-34(46(51)59-33)48(31,45)52/h12-15,17,24-25,28-30,32-45,49-50,52H,16,18-23H2,1-11H3/b13-12-,26-15-,31-14?/t25-,28-,29-,30-,32+,33-,34-,35-,36-,37-,38-,39-,40-,41+,42-,43+,44-,45+,47-,48+/m0/s1. The molecule has 1 aliphatic carbocycles. The third-order valence-electron chi connectivity index (χ3n) is 14.7. The van der Waals surface area contributed by atoms with Gasteiger partial charge in [-0.2, -0.15) is 0 Å². The van der Waals surface area contributed by atoms with Gasteiger partial charge in [0.1, 0.15) is 42.0 Å². The summed E-state index contributed by atoms with van der Waals surface area (Å²) in [7, 11) is 4.79. The monoisotopic (exact) mass is 891 g/mol. The third kappa shape index (κ3) is 9.98. The van der Waals surface area contributed by atoms with Crippen LogP contribution in [0, 0.1) is 23.7 Å². The van der Waals surface area contributed by atoms with Gasteiger partial charge in [0, 0.05) is 65.3 Å². The summed E-state index contributed by atoms with van der Waals surface area (Å²) in [5.41, 5.74) is 0.511. The van der Waals surface area contributed by atoms with Crippen LogP contribution in [0.3, 0.4) is 0 Å². The Bertz CT molecular complexity index is 1710. The molecule has 6 heterocycles. The van der Waals surface area contributed by atoms with Gasteiger partial charge in [0.05, 0.1) is 55.4 Å². The van der Waals surface area contributed by atoms with Crippen molar-refractivity contribution in [1.82, 2.24) is 0 Å². The third-order valence-corrected chi connectivity index (χ3v) is 14.7. The van der Waals surface area contributed by atoms with Gasteiger partial charge in [-0.1, -0.05) is 58.1 Å². The SMILES string of the molecule is CO[C@H]1C[C@H](O[C@H]2[C@H](C)O[C@@H](O[C@@H]3/C(C)=C\C[C@@H]4C[C@@H](C[C@]5(C[C@H](O)[C@H](C)[C@@H](C(C)C)O5)O4)OC(=O)[C@@H]4C=C(C)[C@@H](OC)[C@H]5OCC(=C/C=C\[C@@H]3C)[C@]54O)C[C@@H]2OC)O[C@@H](C)[C@@H]1O. The second kappa shape index (κ2) is 20.0. The molecule has 7 aliphatic rings. The first-order valence-electron chi connectivity index (χ1n) is 23.1. The smallest absolute Gasteiger partial charge is 0.316 e. The van der Waals surface area contributed by atoms with E-state index in [9.17, 15) is 20.1 Å². The summed E-state index contributed by atoms with van der Waals surface area (Å²) in [4.78, 5) is 14.5. The molecule has 5 fully saturated rings. The Morgan fingerprint density at radius 2 is 1.52 bits per heavy atom. The van der Waals surface area contributed by atoms with E-state index in [4.69, 9.17) is 52.1 Å². The van der Waals surface area contributed by atoms with Gasteiger partial charge in [-0.15, -0.1) is 0 Å². The van der Waals surface area contributed by atoms with Crippen molar-refractivity contribution < 1.29 is 72.2 Å². The molecular weight excluding hydrogens is 817 g/mol. The van der Waals surface area contributed by atoms with Gasteiger partial charge in [-0.3, -0.25) is 4.79 Å². The summed E-state index contributed by atoms with van der Waals surface area (Å²) in [5.74, 6) is -3.03. The van der Waals surface area contributed by atoms with Crippen LogP contribution < -0.4 is 0 Å². The van der Waals surface area contributed by atoms with E-state index in [0.717, 1.165) is 11.1 Å². The molecule has 356 valence electrons. The van der Waals surface area contributed by atoms with Crippen molar-refractivity contribution >= 4 is 5.97 Å². The van der Waals surface area contributed by atoms with Crippen molar-refractivity contribution in [3.05, 3.63) is 47.1 Å². The summed E-state index contributed by atoms with van der Waals surface area (Å²) in [5, 5.41) is 34.7. The predicted octanol–water partition coefficient (Wildman–Crippen LogP) is 4.84. The highest BCUT2D eigenvalue weighted by molar-refractivity contribution is 5.78. The fourth-order valence-corrected chi connectivity index (χ4v) is 11.1. The van der Waals surface area contributed by atoms with E-state index in [0.29, 0.717) is 31.3 Å². The van der Waals surface area contributed by atoms with Gasteiger partial charge in [0.25, 0.3) is 0 Å². The number of esters is 1. The Morgan fingerprint density at radius 1 is 0.825 bits per heavy atom. The van der Waals surface area contributed by atoms with Gasteiger partial charge in [-0.25, -0.2) is 0 Å². The average molecular weight is 891 g/mol. The molecule has 1 spiro atoms.